The van der Waals surface area contributed by atoms with Crippen LogP contribution in [0.4, 0.5) is 4.39 Å². The van der Waals surface area contributed by atoms with Crippen LogP contribution in [0, 0.1) is 0 Å². The molecule has 0 saturated heterocycles. The van der Waals surface area contributed by atoms with Gasteiger partial charge in [0.15, 0.2) is 0 Å². The van der Waals surface area contributed by atoms with Gasteiger partial charge >= 0.3 is 0 Å². The zero-order valence-corrected chi connectivity index (χ0v) is 17.0. The summed E-state index contributed by atoms with van der Waals surface area (Å²) in [6, 6.07) is 13.2. The van der Waals surface area contributed by atoms with Gasteiger partial charge in [-0.25, -0.2) is 4.39 Å². The molecule has 0 aromatic heterocycles. The molecule has 0 aliphatic carbocycles. The van der Waals surface area contributed by atoms with Crippen molar-refractivity contribution in [3.05, 3.63) is 41.7 Å². The number of hydrogen-bond acceptors (Lipinski definition) is 1. The van der Waals surface area contributed by atoms with Crippen LogP contribution in [0.25, 0.3) is 5.76 Å². The Morgan fingerprint density at radius 3 is 1.71 bits per heavy atom. The van der Waals surface area contributed by atoms with E-state index in [1.54, 1.807) is 0 Å². The second kappa shape index (κ2) is 11.5. The van der Waals surface area contributed by atoms with E-state index in [0.717, 1.165) is 23.7 Å². The molecule has 0 heterocycles. The Bertz CT molecular complexity index is 458. The second-order valence-corrected chi connectivity index (χ2v) is 10.9. The topological polar surface area (TPSA) is 9.23 Å². The third-order valence-electron chi connectivity index (χ3n) is 4.63. The first-order valence-electron chi connectivity index (χ1n) is 9.69. The molecule has 0 unspecified atom stereocenters. The highest BCUT2D eigenvalue weighted by atomic mass is 28.4. The normalized spacial score (nSPS) is 12.9. The van der Waals surface area contributed by atoms with Gasteiger partial charge < -0.3 is 4.43 Å². The molecule has 0 atom stereocenters. The van der Waals surface area contributed by atoms with E-state index < -0.39 is 8.32 Å². The molecule has 0 spiro atoms. The number of unbranched alkanes of at least 4 members (excludes halogenated alkanes) is 3. The molecule has 0 N–H and O–H groups in total. The standard InChI is InChI=1S/C21H35FOSi/c1-5-8-16-24(17-9-6-2,18-10-7-3)23-21(19(4)22)20-14-12-11-13-15-20/h11-15H,5-10,16-18H2,1-4H3/b21-19+. The SMILES string of the molecule is CCCC[Si](CCCC)(CCCC)O/C(=C(\C)F)c1ccccc1. The second-order valence-electron chi connectivity index (χ2n) is 6.82. The fourth-order valence-electron chi connectivity index (χ4n) is 3.16. The lowest BCUT2D eigenvalue weighted by Gasteiger charge is -2.34. The van der Waals surface area contributed by atoms with Crippen molar-refractivity contribution in [2.24, 2.45) is 0 Å². The largest absolute Gasteiger partial charge is 0.541 e. The minimum absolute atomic E-state index is 0.192. The Hall–Kier alpha value is -1.09. The summed E-state index contributed by atoms with van der Waals surface area (Å²) in [7, 11) is -1.96. The third kappa shape index (κ3) is 6.80. The smallest absolute Gasteiger partial charge is 0.251 e. The third-order valence-corrected chi connectivity index (χ3v) is 9.06. The molecule has 136 valence electrons. The number of hydrogen-bond donors (Lipinski definition) is 0. The van der Waals surface area contributed by atoms with Crippen LogP contribution in [-0.2, 0) is 4.43 Å². The van der Waals surface area contributed by atoms with Crippen molar-refractivity contribution in [2.45, 2.75) is 84.4 Å². The zero-order valence-electron chi connectivity index (χ0n) is 16.0. The average molecular weight is 351 g/mol. The lowest BCUT2D eigenvalue weighted by Crippen LogP contribution is -2.37. The average Bonchev–Trinajstić information content (AvgIpc) is 2.61. The van der Waals surface area contributed by atoms with Gasteiger partial charge in [-0.2, -0.15) is 0 Å². The molecule has 3 heteroatoms. The minimum atomic E-state index is -1.96. The summed E-state index contributed by atoms with van der Waals surface area (Å²) in [5.74, 6) is 0.299. The predicted octanol–water partition coefficient (Wildman–Crippen LogP) is 7.71. The summed E-state index contributed by atoms with van der Waals surface area (Å²) in [6.07, 6.45) is 7.09. The maximum Gasteiger partial charge on any atom is 0.251 e. The maximum atomic E-state index is 14.3. The molecule has 0 radical (unpaired) electrons. The van der Waals surface area contributed by atoms with Crippen LogP contribution in [0.3, 0.4) is 0 Å². The molecule has 0 aliphatic heterocycles. The van der Waals surface area contributed by atoms with Crippen molar-refractivity contribution in [3.8, 4) is 0 Å². The fraction of sp³-hybridized carbons (Fsp3) is 0.619. The van der Waals surface area contributed by atoms with E-state index in [4.69, 9.17) is 4.43 Å². The first kappa shape index (κ1) is 21.0. The Morgan fingerprint density at radius 1 is 0.875 bits per heavy atom. The first-order valence-corrected chi connectivity index (χ1v) is 12.2. The highest BCUT2D eigenvalue weighted by Gasteiger charge is 2.36. The van der Waals surface area contributed by atoms with Crippen molar-refractivity contribution < 1.29 is 8.82 Å². The van der Waals surface area contributed by atoms with Gasteiger partial charge in [0.05, 0.1) is 0 Å². The summed E-state index contributed by atoms with van der Waals surface area (Å²) in [5.41, 5.74) is 0.874. The summed E-state index contributed by atoms with van der Waals surface area (Å²) in [4.78, 5) is 0. The van der Waals surface area contributed by atoms with Crippen molar-refractivity contribution in [3.63, 3.8) is 0 Å². The monoisotopic (exact) mass is 350 g/mol. The first-order chi connectivity index (χ1) is 11.6. The summed E-state index contributed by atoms with van der Waals surface area (Å²) >= 11 is 0. The Kier molecular flexibility index (Phi) is 10.0. The van der Waals surface area contributed by atoms with Crippen LogP contribution < -0.4 is 0 Å². The maximum absolute atomic E-state index is 14.3. The lowest BCUT2D eigenvalue weighted by atomic mass is 10.2. The highest BCUT2D eigenvalue weighted by Crippen LogP contribution is 2.35. The summed E-state index contributed by atoms with van der Waals surface area (Å²) in [6.45, 7) is 8.22. The Balaban J connectivity index is 3.11. The highest BCUT2D eigenvalue weighted by molar-refractivity contribution is 6.74. The van der Waals surface area contributed by atoms with Gasteiger partial charge in [-0.1, -0.05) is 89.6 Å². The molecular weight excluding hydrogens is 315 g/mol. The molecule has 1 nitrogen and oxygen atoms in total. The number of allylic oxidation sites excluding steroid dienone is 1. The van der Waals surface area contributed by atoms with E-state index in [1.807, 2.05) is 30.3 Å². The molecule has 24 heavy (non-hydrogen) atoms. The summed E-state index contributed by atoms with van der Waals surface area (Å²) in [5, 5.41) is 0. The van der Waals surface area contributed by atoms with Crippen molar-refractivity contribution in [1.82, 2.24) is 0 Å². The molecular formula is C21H35FOSi. The lowest BCUT2D eigenvalue weighted by molar-refractivity contribution is 0.452. The van der Waals surface area contributed by atoms with Gasteiger partial charge in [-0.3, -0.25) is 0 Å². The van der Waals surface area contributed by atoms with E-state index in [9.17, 15) is 4.39 Å². The number of rotatable bonds is 12. The van der Waals surface area contributed by atoms with E-state index >= 15 is 0 Å². The molecule has 0 saturated carbocycles. The molecule has 0 bridgehead atoms. The van der Waals surface area contributed by atoms with Crippen LogP contribution >= 0.6 is 0 Å². The van der Waals surface area contributed by atoms with Crippen molar-refractivity contribution >= 4 is 14.1 Å². The van der Waals surface area contributed by atoms with Crippen LogP contribution in [0.1, 0.15) is 71.8 Å². The molecule has 1 rings (SSSR count). The van der Waals surface area contributed by atoms with E-state index in [2.05, 4.69) is 20.8 Å². The molecule has 0 aliphatic rings. The molecule has 0 amide bonds. The van der Waals surface area contributed by atoms with Crippen molar-refractivity contribution in [2.75, 3.05) is 0 Å². The minimum Gasteiger partial charge on any atom is -0.541 e. The van der Waals surface area contributed by atoms with Gasteiger partial charge in [0.2, 0.25) is 0 Å². The van der Waals surface area contributed by atoms with Crippen LogP contribution in [0.15, 0.2) is 36.2 Å². The van der Waals surface area contributed by atoms with E-state index in [0.29, 0.717) is 5.76 Å². The van der Waals surface area contributed by atoms with E-state index in [1.165, 1.54) is 45.4 Å². The Labute approximate surface area is 149 Å². The molecule has 0 fully saturated rings. The molecule has 1 aromatic rings. The van der Waals surface area contributed by atoms with Crippen molar-refractivity contribution in [1.29, 1.82) is 0 Å². The van der Waals surface area contributed by atoms with E-state index in [-0.39, 0.29) is 5.83 Å². The molecule has 1 aromatic carbocycles. The van der Waals surface area contributed by atoms with Crippen LogP contribution in [0.2, 0.25) is 18.1 Å². The Morgan fingerprint density at radius 2 is 1.33 bits per heavy atom. The van der Waals surface area contributed by atoms with Gasteiger partial charge in [0.1, 0.15) is 11.6 Å². The summed E-state index contributed by atoms with van der Waals surface area (Å²) < 4.78 is 21.0. The fourth-order valence-corrected chi connectivity index (χ4v) is 7.90. The quantitative estimate of drug-likeness (QED) is 0.277. The zero-order chi connectivity index (χ0) is 17.8. The van der Waals surface area contributed by atoms with Gasteiger partial charge in [0, 0.05) is 5.56 Å². The predicted molar refractivity (Wildman–Crippen MR) is 106 cm³/mol. The number of halogens is 1. The number of benzene rings is 1. The van der Waals surface area contributed by atoms with Gasteiger partial charge in [-0.15, -0.1) is 0 Å². The van der Waals surface area contributed by atoms with Crippen LogP contribution in [0.5, 0.6) is 0 Å². The van der Waals surface area contributed by atoms with Crippen LogP contribution in [-0.4, -0.2) is 8.32 Å². The van der Waals surface area contributed by atoms with Gasteiger partial charge in [0.25, 0.3) is 8.32 Å². The van der Waals surface area contributed by atoms with Gasteiger partial charge in [-0.05, 0) is 25.1 Å².